The standard InChI is InChI=1S/C11H12N2O4/c1-11(2,3)7-4-8-12-5-6(10(15)16)9(14)13(8)17-7/h4-5H,1-3H3,(H,15,16). The lowest BCUT2D eigenvalue weighted by atomic mass is 9.94. The summed E-state index contributed by atoms with van der Waals surface area (Å²) in [6.07, 6.45) is 1.04. The Kier molecular flexibility index (Phi) is 2.30. The molecule has 0 fully saturated rings. The zero-order valence-corrected chi connectivity index (χ0v) is 9.72. The van der Waals surface area contributed by atoms with Gasteiger partial charge in [0.15, 0.2) is 5.65 Å². The summed E-state index contributed by atoms with van der Waals surface area (Å²) in [5, 5.41) is 8.80. The first-order valence-electron chi connectivity index (χ1n) is 5.06. The molecule has 2 aromatic rings. The van der Waals surface area contributed by atoms with E-state index < -0.39 is 17.1 Å². The summed E-state index contributed by atoms with van der Waals surface area (Å²) in [7, 11) is 0. The molecule has 0 saturated carbocycles. The van der Waals surface area contributed by atoms with Crippen LogP contribution >= 0.6 is 0 Å². The van der Waals surface area contributed by atoms with Gasteiger partial charge in [0, 0.05) is 17.7 Å². The van der Waals surface area contributed by atoms with Gasteiger partial charge in [-0.2, -0.15) is 0 Å². The highest BCUT2D eigenvalue weighted by atomic mass is 16.5. The van der Waals surface area contributed by atoms with Gasteiger partial charge < -0.3 is 9.63 Å². The number of hydrogen-bond donors (Lipinski definition) is 1. The summed E-state index contributed by atoms with van der Waals surface area (Å²) in [5.41, 5.74) is -1.08. The van der Waals surface area contributed by atoms with E-state index in [-0.39, 0.29) is 5.41 Å². The van der Waals surface area contributed by atoms with E-state index >= 15 is 0 Å². The molecule has 6 nitrogen and oxygen atoms in total. The molecule has 6 heteroatoms. The summed E-state index contributed by atoms with van der Waals surface area (Å²) in [6, 6.07) is 1.63. The predicted octanol–water partition coefficient (Wildman–Crippen LogP) is 1.28. The smallest absolute Gasteiger partial charge is 0.343 e. The van der Waals surface area contributed by atoms with Crippen LogP contribution in [-0.4, -0.2) is 20.6 Å². The Balaban J connectivity index is 2.75. The second-order valence-corrected chi connectivity index (χ2v) is 4.78. The maximum Gasteiger partial charge on any atom is 0.343 e. The molecule has 0 aliphatic heterocycles. The van der Waals surface area contributed by atoms with E-state index in [0.29, 0.717) is 11.4 Å². The normalized spacial score (nSPS) is 11.9. The van der Waals surface area contributed by atoms with Gasteiger partial charge in [0.05, 0.1) is 0 Å². The number of carboxylic acids is 1. The minimum Gasteiger partial charge on any atom is -0.477 e. The van der Waals surface area contributed by atoms with Crippen molar-refractivity contribution in [1.29, 1.82) is 0 Å². The van der Waals surface area contributed by atoms with Crippen molar-refractivity contribution in [2.45, 2.75) is 26.2 Å². The molecule has 0 spiro atoms. The summed E-state index contributed by atoms with van der Waals surface area (Å²) >= 11 is 0. The highest BCUT2D eigenvalue weighted by Gasteiger charge is 2.22. The second-order valence-electron chi connectivity index (χ2n) is 4.78. The van der Waals surface area contributed by atoms with E-state index in [9.17, 15) is 9.59 Å². The van der Waals surface area contributed by atoms with Crippen LogP contribution < -0.4 is 5.56 Å². The predicted molar refractivity (Wildman–Crippen MR) is 59.4 cm³/mol. The largest absolute Gasteiger partial charge is 0.477 e. The number of aromatic carboxylic acids is 1. The van der Waals surface area contributed by atoms with Crippen LogP contribution in [0, 0.1) is 0 Å². The Bertz CT molecular complexity index is 646. The SMILES string of the molecule is CC(C)(C)c1cc2ncc(C(=O)O)c(=O)n2o1. The summed E-state index contributed by atoms with van der Waals surface area (Å²) in [5.74, 6) is -0.741. The second kappa shape index (κ2) is 3.44. The summed E-state index contributed by atoms with van der Waals surface area (Å²) in [4.78, 5) is 26.4. The van der Waals surface area contributed by atoms with Gasteiger partial charge in [-0.05, 0) is 0 Å². The van der Waals surface area contributed by atoms with Crippen LogP contribution in [0.4, 0.5) is 0 Å². The molecule has 0 saturated heterocycles. The molecule has 0 atom stereocenters. The van der Waals surface area contributed by atoms with Crippen molar-refractivity contribution in [3.05, 3.63) is 33.9 Å². The minimum atomic E-state index is -1.31. The van der Waals surface area contributed by atoms with E-state index in [4.69, 9.17) is 9.63 Å². The van der Waals surface area contributed by atoms with Crippen molar-refractivity contribution < 1.29 is 14.4 Å². The Morgan fingerprint density at radius 2 is 2.12 bits per heavy atom. The molecule has 0 aliphatic rings. The molecule has 0 aromatic carbocycles. The monoisotopic (exact) mass is 236 g/mol. The van der Waals surface area contributed by atoms with E-state index in [1.807, 2.05) is 20.8 Å². The van der Waals surface area contributed by atoms with E-state index in [2.05, 4.69) is 4.98 Å². The average Bonchev–Trinajstić information content (AvgIpc) is 2.61. The third-order valence-electron chi connectivity index (χ3n) is 2.37. The lowest BCUT2D eigenvalue weighted by molar-refractivity contribution is 0.0692. The van der Waals surface area contributed by atoms with E-state index in [1.165, 1.54) is 0 Å². The van der Waals surface area contributed by atoms with Crippen LogP contribution in [0.15, 0.2) is 21.6 Å². The average molecular weight is 236 g/mol. The number of aromatic nitrogens is 2. The van der Waals surface area contributed by atoms with Crippen LogP contribution in [0.1, 0.15) is 36.9 Å². The van der Waals surface area contributed by atoms with Crippen molar-refractivity contribution in [3.63, 3.8) is 0 Å². The Hall–Kier alpha value is -2.11. The van der Waals surface area contributed by atoms with Gasteiger partial charge in [0.25, 0.3) is 0 Å². The number of carboxylic acid groups (broad SMARTS) is 1. The highest BCUT2D eigenvalue weighted by molar-refractivity contribution is 5.86. The topological polar surface area (TPSA) is 84.8 Å². The maximum absolute atomic E-state index is 11.8. The third-order valence-corrected chi connectivity index (χ3v) is 2.37. The van der Waals surface area contributed by atoms with Gasteiger partial charge in [-0.3, -0.25) is 4.79 Å². The molecular formula is C11H12N2O4. The van der Waals surface area contributed by atoms with Crippen molar-refractivity contribution in [1.82, 2.24) is 9.56 Å². The molecule has 17 heavy (non-hydrogen) atoms. The quantitative estimate of drug-likeness (QED) is 0.806. The Labute approximate surface area is 96.5 Å². The molecule has 0 bridgehead atoms. The molecule has 0 unspecified atom stereocenters. The van der Waals surface area contributed by atoms with Crippen molar-refractivity contribution in [3.8, 4) is 0 Å². The van der Waals surface area contributed by atoms with Gasteiger partial charge >= 0.3 is 11.5 Å². The van der Waals surface area contributed by atoms with E-state index in [0.717, 1.165) is 10.8 Å². The first-order chi connectivity index (χ1) is 7.80. The van der Waals surface area contributed by atoms with Gasteiger partial charge in [-0.15, -0.1) is 4.57 Å². The minimum absolute atomic E-state index is 0.274. The van der Waals surface area contributed by atoms with Crippen molar-refractivity contribution in [2.75, 3.05) is 0 Å². The van der Waals surface area contributed by atoms with Gasteiger partial charge in [0.1, 0.15) is 11.3 Å². The number of fused-ring (bicyclic) bond motifs is 1. The van der Waals surface area contributed by atoms with Crippen LogP contribution in [0.3, 0.4) is 0 Å². The van der Waals surface area contributed by atoms with Crippen molar-refractivity contribution >= 4 is 11.6 Å². The van der Waals surface area contributed by atoms with Crippen LogP contribution in [0.2, 0.25) is 0 Å². The van der Waals surface area contributed by atoms with Crippen molar-refractivity contribution in [2.24, 2.45) is 0 Å². The van der Waals surface area contributed by atoms with E-state index in [1.54, 1.807) is 6.07 Å². The van der Waals surface area contributed by atoms with Crippen LogP contribution in [0.25, 0.3) is 5.65 Å². The fourth-order valence-corrected chi connectivity index (χ4v) is 1.38. The summed E-state index contributed by atoms with van der Waals surface area (Å²) in [6.45, 7) is 5.77. The maximum atomic E-state index is 11.8. The Morgan fingerprint density at radius 1 is 1.47 bits per heavy atom. The molecule has 2 heterocycles. The van der Waals surface area contributed by atoms with Crippen LogP contribution in [0.5, 0.6) is 0 Å². The van der Waals surface area contributed by atoms with Gasteiger partial charge in [-0.25, -0.2) is 9.78 Å². The molecule has 0 radical (unpaired) electrons. The highest BCUT2D eigenvalue weighted by Crippen LogP contribution is 2.23. The fourth-order valence-electron chi connectivity index (χ4n) is 1.38. The molecular weight excluding hydrogens is 224 g/mol. The fraction of sp³-hybridized carbons (Fsp3) is 0.364. The molecule has 0 amide bonds. The summed E-state index contributed by atoms with van der Waals surface area (Å²) < 4.78 is 6.24. The third kappa shape index (κ3) is 1.82. The number of carbonyl (C=O) groups is 1. The lowest BCUT2D eigenvalue weighted by Crippen LogP contribution is -2.21. The zero-order chi connectivity index (χ0) is 12.8. The molecule has 90 valence electrons. The lowest BCUT2D eigenvalue weighted by Gasteiger charge is -2.12. The molecule has 2 aromatic heterocycles. The number of hydrogen-bond acceptors (Lipinski definition) is 4. The van der Waals surface area contributed by atoms with Gasteiger partial charge in [0.2, 0.25) is 0 Å². The zero-order valence-electron chi connectivity index (χ0n) is 9.72. The first-order valence-corrected chi connectivity index (χ1v) is 5.06. The molecule has 1 N–H and O–H groups in total. The molecule has 2 rings (SSSR count). The first kappa shape index (κ1) is 11.4. The van der Waals surface area contributed by atoms with Crippen LogP contribution in [-0.2, 0) is 5.41 Å². The number of rotatable bonds is 1. The Morgan fingerprint density at radius 3 is 2.65 bits per heavy atom. The van der Waals surface area contributed by atoms with Gasteiger partial charge in [-0.1, -0.05) is 20.8 Å². The molecule has 0 aliphatic carbocycles. The number of nitrogens with zero attached hydrogens (tertiary/aromatic N) is 2.